The topological polar surface area (TPSA) is 89.9 Å². The van der Waals surface area contributed by atoms with Gasteiger partial charge < -0.3 is 14.6 Å². The van der Waals surface area contributed by atoms with Gasteiger partial charge in [0.2, 0.25) is 0 Å². The van der Waals surface area contributed by atoms with Gasteiger partial charge in [0.05, 0.1) is 0 Å². The van der Waals surface area contributed by atoms with Crippen LogP contribution in [0.3, 0.4) is 0 Å². The minimum absolute atomic E-state index is 0.309. The number of rotatable bonds is 4. The van der Waals surface area contributed by atoms with Gasteiger partial charge in [-0.3, -0.25) is 9.59 Å². The van der Waals surface area contributed by atoms with Crippen LogP contribution < -0.4 is 0 Å². The molecule has 0 saturated carbocycles. The Hall–Kier alpha value is -2.63. The normalized spacial score (nSPS) is 11.3. The third-order valence-electron chi connectivity index (χ3n) is 1.93. The van der Waals surface area contributed by atoms with Crippen molar-refractivity contribution < 1.29 is 29.0 Å². The van der Waals surface area contributed by atoms with Gasteiger partial charge in [0, 0.05) is 19.4 Å². The summed E-state index contributed by atoms with van der Waals surface area (Å²) in [5.74, 6) is -4.08. The summed E-state index contributed by atoms with van der Waals surface area (Å²) in [4.78, 5) is 33.1. The van der Waals surface area contributed by atoms with E-state index in [4.69, 9.17) is 9.84 Å². The summed E-state index contributed by atoms with van der Waals surface area (Å²) in [5, 5.41) is 9.04. The molecule has 1 N–H and O–H groups in total. The van der Waals surface area contributed by atoms with E-state index in [0.29, 0.717) is 5.56 Å². The number of carboxylic acid groups (broad SMARTS) is 1. The summed E-state index contributed by atoms with van der Waals surface area (Å²) in [5.41, 5.74) is 0.316. The Morgan fingerprint density at radius 1 is 0.947 bits per heavy atom. The summed E-state index contributed by atoms with van der Waals surface area (Å²) in [6, 6.07) is 8.04. The number of hydrogen-bond acceptors (Lipinski definition) is 5. The zero-order valence-electron chi connectivity index (χ0n) is 10.4. The Morgan fingerprint density at radius 2 is 1.47 bits per heavy atom. The van der Waals surface area contributed by atoms with Crippen LogP contribution in [0.5, 0.6) is 0 Å². The summed E-state index contributed by atoms with van der Waals surface area (Å²) in [7, 11) is 0. The molecule has 0 unspecified atom stereocenters. The number of carbonyl (C=O) groups excluding carboxylic acids is 2. The molecular weight excluding hydrogens is 252 g/mol. The highest BCUT2D eigenvalue weighted by molar-refractivity contribution is 5.96. The lowest BCUT2D eigenvalue weighted by molar-refractivity contribution is -0.147. The third-order valence-corrected chi connectivity index (χ3v) is 1.93. The molecule has 100 valence electrons. The maximum Gasteiger partial charge on any atom is 0.375 e. The summed E-state index contributed by atoms with van der Waals surface area (Å²) in [6.45, 7) is 2.18. The van der Waals surface area contributed by atoms with Gasteiger partial charge in [-0.15, -0.1) is 0 Å². The van der Waals surface area contributed by atoms with Crippen LogP contribution in [-0.4, -0.2) is 23.0 Å². The second-order valence-electron chi connectivity index (χ2n) is 3.52. The van der Waals surface area contributed by atoms with Crippen LogP contribution in [0.2, 0.25) is 0 Å². The number of ether oxygens (including phenoxy) is 2. The number of benzene rings is 1. The van der Waals surface area contributed by atoms with E-state index in [9.17, 15) is 14.4 Å². The average Bonchev–Trinajstić information content (AvgIpc) is 2.33. The first-order chi connectivity index (χ1) is 8.91. The molecule has 19 heavy (non-hydrogen) atoms. The van der Waals surface area contributed by atoms with Crippen LogP contribution in [0.15, 0.2) is 36.1 Å². The van der Waals surface area contributed by atoms with Crippen LogP contribution in [0.25, 0.3) is 5.76 Å². The van der Waals surface area contributed by atoms with E-state index in [1.54, 1.807) is 18.2 Å². The molecule has 0 radical (unpaired) electrons. The first-order valence-corrected chi connectivity index (χ1v) is 5.31. The molecule has 0 aromatic heterocycles. The molecule has 0 saturated heterocycles. The predicted molar refractivity (Wildman–Crippen MR) is 64.5 cm³/mol. The lowest BCUT2D eigenvalue weighted by Crippen LogP contribution is -2.14. The monoisotopic (exact) mass is 264 g/mol. The second kappa shape index (κ2) is 6.34. The highest BCUT2D eigenvalue weighted by atomic mass is 16.6. The molecular formula is C13H12O6. The fourth-order valence-electron chi connectivity index (χ4n) is 1.30. The van der Waals surface area contributed by atoms with Crippen LogP contribution in [0.4, 0.5) is 0 Å². The molecule has 6 heteroatoms. The van der Waals surface area contributed by atoms with Crippen molar-refractivity contribution in [1.29, 1.82) is 0 Å². The van der Waals surface area contributed by atoms with Gasteiger partial charge in [0.1, 0.15) is 0 Å². The quantitative estimate of drug-likeness (QED) is 0.504. The van der Waals surface area contributed by atoms with Crippen molar-refractivity contribution in [3.05, 3.63) is 41.7 Å². The van der Waals surface area contributed by atoms with E-state index in [0.717, 1.165) is 13.8 Å². The Morgan fingerprint density at radius 3 is 1.89 bits per heavy atom. The van der Waals surface area contributed by atoms with Crippen molar-refractivity contribution >= 4 is 23.7 Å². The van der Waals surface area contributed by atoms with E-state index < -0.39 is 23.7 Å². The summed E-state index contributed by atoms with van der Waals surface area (Å²) < 4.78 is 9.44. The molecule has 0 aliphatic rings. The molecule has 0 fully saturated rings. The summed E-state index contributed by atoms with van der Waals surface area (Å²) in [6.07, 6.45) is 0. The molecule has 6 nitrogen and oxygen atoms in total. The molecule has 0 amide bonds. The highest BCUT2D eigenvalue weighted by Crippen LogP contribution is 2.21. The second-order valence-corrected chi connectivity index (χ2v) is 3.52. The molecule has 0 aliphatic heterocycles. The molecule has 0 bridgehead atoms. The lowest BCUT2D eigenvalue weighted by atomic mass is 10.1. The van der Waals surface area contributed by atoms with E-state index in [1.165, 1.54) is 12.1 Å². The fraction of sp³-hybridized carbons (Fsp3) is 0.154. The molecule has 1 rings (SSSR count). The molecule has 0 spiro atoms. The van der Waals surface area contributed by atoms with Gasteiger partial charge in [0.15, 0.2) is 5.76 Å². The maximum absolute atomic E-state index is 11.1. The Kier molecular flexibility index (Phi) is 4.82. The Labute approximate surface area is 109 Å². The lowest BCUT2D eigenvalue weighted by Gasteiger charge is -2.11. The number of carboxylic acids is 1. The smallest absolute Gasteiger partial charge is 0.375 e. The predicted octanol–water partition coefficient (Wildman–Crippen LogP) is 1.57. The van der Waals surface area contributed by atoms with Crippen molar-refractivity contribution in [2.75, 3.05) is 0 Å². The average molecular weight is 264 g/mol. The van der Waals surface area contributed by atoms with E-state index in [-0.39, 0.29) is 5.76 Å². The minimum Gasteiger partial charge on any atom is -0.475 e. The summed E-state index contributed by atoms with van der Waals surface area (Å²) >= 11 is 0. The maximum atomic E-state index is 11.1. The number of aliphatic carboxylic acids is 1. The third kappa shape index (κ3) is 4.27. The number of hydrogen-bond donors (Lipinski definition) is 1. The Balaban J connectivity index is 3.37. The van der Waals surface area contributed by atoms with Crippen molar-refractivity contribution in [3.8, 4) is 0 Å². The van der Waals surface area contributed by atoms with Crippen molar-refractivity contribution in [3.63, 3.8) is 0 Å². The van der Waals surface area contributed by atoms with Crippen molar-refractivity contribution in [2.45, 2.75) is 13.8 Å². The Bertz CT molecular complexity index is 529. The van der Waals surface area contributed by atoms with Crippen LogP contribution in [0.1, 0.15) is 19.4 Å². The largest absolute Gasteiger partial charge is 0.475 e. The standard InChI is InChI=1S/C13H12O6/c1-8(14)18-11(10-6-4-3-5-7-10)12(13(16)17)19-9(2)15/h3-7H,1-2H3,(H,16,17). The van der Waals surface area contributed by atoms with Crippen LogP contribution in [-0.2, 0) is 23.9 Å². The van der Waals surface area contributed by atoms with E-state index >= 15 is 0 Å². The highest BCUT2D eigenvalue weighted by Gasteiger charge is 2.22. The fourth-order valence-corrected chi connectivity index (χ4v) is 1.30. The number of carbonyl (C=O) groups is 3. The van der Waals surface area contributed by atoms with Crippen molar-refractivity contribution in [1.82, 2.24) is 0 Å². The van der Waals surface area contributed by atoms with Gasteiger partial charge in [-0.25, -0.2) is 4.79 Å². The van der Waals surface area contributed by atoms with Gasteiger partial charge in [0.25, 0.3) is 5.76 Å². The first-order valence-electron chi connectivity index (χ1n) is 5.31. The van der Waals surface area contributed by atoms with Gasteiger partial charge >= 0.3 is 17.9 Å². The van der Waals surface area contributed by atoms with Gasteiger partial charge in [-0.2, -0.15) is 0 Å². The first kappa shape index (κ1) is 14.4. The molecule has 0 atom stereocenters. The van der Waals surface area contributed by atoms with Crippen LogP contribution >= 0.6 is 0 Å². The number of esters is 2. The molecule has 1 aromatic rings. The van der Waals surface area contributed by atoms with Crippen LogP contribution in [0, 0.1) is 0 Å². The zero-order valence-corrected chi connectivity index (χ0v) is 10.4. The SMILES string of the molecule is CC(=O)OC(C(=O)O)=C(OC(C)=O)c1ccccc1. The zero-order chi connectivity index (χ0) is 14.4. The van der Waals surface area contributed by atoms with E-state index in [1.807, 2.05) is 0 Å². The van der Waals surface area contributed by atoms with Crippen molar-refractivity contribution in [2.24, 2.45) is 0 Å². The molecule has 0 heterocycles. The molecule has 0 aliphatic carbocycles. The van der Waals surface area contributed by atoms with E-state index in [2.05, 4.69) is 4.74 Å². The molecule has 1 aromatic carbocycles. The van der Waals surface area contributed by atoms with Gasteiger partial charge in [-0.05, 0) is 0 Å². The minimum atomic E-state index is -1.50. The van der Waals surface area contributed by atoms with Gasteiger partial charge in [-0.1, -0.05) is 30.3 Å².